The van der Waals surface area contributed by atoms with E-state index >= 15 is 0 Å². The summed E-state index contributed by atoms with van der Waals surface area (Å²) in [6.07, 6.45) is -3.28. The van der Waals surface area contributed by atoms with Crippen LogP contribution in [0.25, 0.3) is 11.3 Å². The van der Waals surface area contributed by atoms with Gasteiger partial charge >= 0.3 is 6.36 Å². The highest BCUT2D eigenvalue weighted by atomic mass is 32.1. The minimum atomic E-state index is -4.74. The van der Waals surface area contributed by atoms with Crippen LogP contribution in [0.5, 0.6) is 5.75 Å². The number of likely N-dealkylation sites (tertiary alicyclic amines) is 1. The van der Waals surface area contributed by atoms with Gasteiger partial charge in [0.15, 0.2) is 0 Å². The number of alkyl halides is 3. The predicted molar refractivity (Wildman–Crippen MR) is 107 cm³/mol. The zero-order valence-corrected chi connectivity index (χ0v) is 17.6. The summed E-state index contributed by atoms with van der Waals surface area (Å²) in [7, 11) is 1.46. The summed E-state index contributed by atoms with van der Waals surface area (Å²) in [5.41, 5.74) is 1.24. The highest BCUT2D eigenvalue weighted by molar-refractivity contribution is 7.09. The van der Waals surface area contributed by atoms with Crippen molar-refractivity contribution >= 4 is 23.2 Å². The molecular weight excluding hydrogens is 435 g/mol. The molecule has 3 rings (SSSR count). The Morgan fingerprint density at radius 2 is 2.03 bits per heavy atom. The number of hydrogen-bond acceptors (Lipinski definition) is 6. The number of piperidine rings is 1. The lowest BCUT2D eigenvalue weighted by molar-refractivity contribution is -0.274. The van der Waals surface area contributed by atoms with E-state index in [0.29, 0.717) is 35.8 Å². The third kappa shape index (κ3) is 6.66. The second-order valence-corrected chi connectivity index (χ2v) is 7.97. The number of halogens is 3. The first-order chi connectivity index (χ1) is 14.7. The first-order valence-corrected chi connectivity index (χ1v) is 10.5. The normalized spacial score (nSPS) is 16.8. The number of nitrogens with zero attached hydrogens (tertiary/aromatic N) is 2. The zero-order chi connectivity index (χ0) is 22.4. The van der Waals surface area contributed by atoms with E-state index in [4.69, 9.17) is 4.74 Å². The van der Waals surface area contributed by atoms with Gasteiger partial charge in [-0.1, -0.05) is 0 Å². The monoisotopic (exact) mass is 457 g/mol. The van der Waals surface area contributed by atoms with Crippen LogP contribution in [0.4, 0.5) is 13.2 Å². The first-order valence-electron chi connectivity index (χ1n) is 9.60. The van der Waals surface area contributed by atoms with E-state index in [2.05, 4.69) is 15.0 Å². The van der Waals surface area contributed by atoms with Gasteiger partial charge in [0.25, 0.3) is 0 Å². The molecular formula is C20H22F3N3O4S. The van der Waals surface area contributed by atoms with E-state index in [1.807, 2.05) is 0 Å². The number of hydrogen-bond donors (Lipinski definition) is 1. The van der Waals surface area contributed by atoms with Crippen molar-refractivity contribution in [3.8, 4) is 17.0 Å². The van der Waals surface area contributed by atoms with Gasteiger partial charge in [0.1, 0.15) is 17.4 Å². The second-order valence-electron chi connectivity index (χ2n) is 7.03. The predicted octanol–water partition coefficient (Wildman–Crippen LogP) is 3.21. The average Bonchev–Trinajstić information content (AvgIpc) is 3.21. The topological polar surface area (TPSA) is 80.8 Å². The van der Waals surface area contributed by atoms with Crippen molar-refractivity contribution < 1.29 is 32.2 Å². The van der Waals surface area contributed by atoms with E-state index in [9.17, 15) is 22.8 Å². The van der Waals surface area contributed by atoms with Gasteiger partial charge in [-0.25, -0.2) is 4.98 Å². The quantitative estimate of drug-likeness (QED) is 0.691. The Hall–Kier alpha value is -2.66. The number of carbonyl (C=O) groups is 2. The van der Waals surface area contributed by atoms with Crippen LogP contribution < -0.4 is 10.1 Å². The molecule has 0 radical (unpaired) electrons. The van der Waals surface area contributed by atoms with Crippen molar-refractivity contribution in [3.05, 3.63) is 34.7 Å². The molecule has 0 aliphatic carbocycles. The molecule has 1 aliphatic heterocycles. The highest BCUT2D eigenvalue weighted by Gasteiger charge is 2.31. The van der Waals surface area contributed by atoms with Gasteiger partial charge in [0.05, 0.1) is 18.2 Å². The molecule has 1 atom stereocenters. The second kappa shape index (κ2) is 10.1. The SMILES string of the molecule is COCC(=O)N1CCC[C@H](C(=O)NCc2nc(-c3ccc(OC(F)(F)F)cc3)cs2)C1. The molecule has 2 aromatic rings. The summed E-state index contributed by atoms with van der Waals surface area (Å²) in [5, 5.41) is 5.29. The molecule has 1 aromatic heterocycles. The fourth-order valence-electron chi connectivity index (χ4n) is 3.29. The third-order valence-electron chi connectivity index (χ3n) is 4.76. The van der Waals surface area contributed by atoms with Crippen LogP contribution in [0.3, 0.4) is 0 Å². The Morgan fingerprint density at radius 3 is 2.71 bits per heavy atom. The van der Waals surface area contributed by atoms with E-state index in [-0.39, 0.29) is 36.6 Å². The molecule has 168 valence electrons. The molecule has 1 N–H and O–H groups in total. The fourth-order valence-corrected chi connectivity index (χ4v) is 4.03. The Labute approximate surface area is 181 Å². The number of ether oxygens (including phenoxy) is 2. The summed E-state index contributed by atoms with van der Waals surface area (Å²) >= 11 is 1.34. The number of methoxy groups -OCH3 is 1. The lowest BCUT2D eigenvalue weighted by atomic mass is 9.97. The van der Waals surface area contributed by atoms with E-state index < -0.39 is 6.36 Å². The van der Waals surface area contributed by atoms with Crippen LogP contribution in [0, 0.1) is 5.92 Å². The summed E-state index contributed by atoms with van der Waals surface area (Å²) in [6.45, 7) is 1.22. The number of aromatic nitrogens is 1. The minimum Gasteiger partial charge on any atom is -0.406 e. The Morgan fingerprint density at radius 1 is 1.29 bits per heavy atom. The number of benzene rings is 1. The van der Waals surface area contributed by atoms with E-state index in [0.717, 1.165) is 6.42 Å². The fraction of sp³-hybridized carbons (Fsp3) is 0.450. The molecule has 0 spiro atoms. The largest absolute Gasteiger partial charge is 0.573 e. The van der Waals surface area contributed by atoms with Crippen molar-refractivity contribution in [3.63, 3.8) is 0 Å². The number of amides is 2. The Balaban J connectivity index is 1.53. The van der Waals surface area contributed by atoms with Crippen LogP contribution in [-0.2, 0) is 20.9 Å². The number of rotatable bonds is 7. The zero-order valence-electron chi connectivity index (χ0n) is 16.8. The van der Waals surface area contributed by atoms with Crippen LogP contribution in [-0.4, -0.2) is 54.9 Å². The number of nitrogens with one attached hydrogen (secondary N) is 1. The van der Waals surface area contributed by atoms with Gasteiger partial charge < -0.3 is 19.7 Å². The minimum absolute atomic E-state index is 0.000455. The molecule has 1 saturated heterocycles. The van der Waals surface area contributed by atoms with Crippen molar-refractivity contribution in [2.75, 3.05) is 26.8 Å². The van der Waals surface area contributed by atoms with E-state index in [1.54, 1.807) is 10.3 Å². The number of thiazole rings is 1. The summed E-state index contributed by atoms with van der Waals surface area (Å²) in [6, 6.07) is 5.44. The van der Waals surface area contributed by atoms with Crippen LogP contribution >= 0.6 is 11.3 Å². The van der Waals surface area contributed by atoms with E-state index in [1.165, 1.54) is 42.7 Å². The van der Waals surface area contributed by atoms with Crippen LogP contribution in [0.1, 0.15) is 17.8 Å². The molecule has 0 bridgehead atoms. The summed E-state index contributed by atoms with van der Waals surface area (Å²) in [5.74, 6) is -0.851. The summed E-state index contributed by atoms with van der Waals surface area (Å²) < 4.78 is 45.5. The van der Waals surface area contributed by atoms with Crippen LogP contribution in [0.2, 0.25) is 0 Å². The maximum absolute atomic E-state index is 12.5. The molecule has 0 saturated carbocycles. The van der Waals surface area contributed by atoms with Gasteiger partial charge in [-0.05, 0) is 37.1 Å². The Bertz CT molecular complexity index is 902. The molecule has 1 aromatic carbocycles. The highest BCUT2D eigenvalue weighted by Crippen LogP contribution is 2.27. The average molecular weight is 457 g/mol. The van der Waals surface area contributed by atoms with Gasteiger partial charge in [-0.15, -0.1) is 24.5 Å². The van der Waals surface area contributed by atoms with Gasteiger partial charge in [0.2, 0.25) is 11.8 Å². The standard InChI is InChI=1S/C20H22F3N3O4S/c1-29-11-18(27)26-8-2-3-14(10-26)19(28)24-9-17-25-16(12-31-17)13-4-6-15(7-5-13)30-20(21,22)23/h4-7,12,14H,2-3,8-11H2,1H3,(H,24,28)/t14-/m0/s1. The van der Waals surface area contributed by atoms with Crippen molar-refractivity contribution in [1.82, 2.24) is 15.2 Å². The molecule has 1 aliphatic rings. The molecule has 2 amide bonds. The van der Waals surface area contributed by atoms with Crippen molar-refractivity contribution in [1.29, 1.82) is 0 Å². The van der Waals surface area contributed by atoms with Crippen molar-refractivity contribution in [2.24, 2.45) is 5.92 Å². The summed E-state index contributed by atoms with van der Waals surface area (Å²) in [4.78, 5) is 30.6. The molecule has 1 fully saturated rings. The lowest BCUT2D eigenvalue weighted by Gasteiger charge is -2.31. The third-order valence-corrected chi connectivity index (χ3v) is 5.61. The maximum atomic E-state index is 12.5. The Kier molecular flexibility index (Phi) is 7.50. The smallest absolute Gasteiger partial charge is 0.406 e. The lowest BCUT2D eigenvalue weighted by Crippen LogP contribution is -2.46. The van der Waals surface area contributed by atoms with Crippen LogP contribution in [0.15, 0.2) is 29.6 Å². The first kappa shape index (κ1) is 23.0. The molecule has 0 unspecified atom stereocenters. The maximum Gasteiger partial charge on any atom is 0.573 e. The van der Waals surface area contributed by atoms with Gasteiger partial charge in [0, 0.05) is 31.1 Å². The van der Waals surface area contributed by atoms with Crippen molar-refractivity contribution in [2.45, 2.75) is 25.7 Å². The van der Waals surface area contributed by atoms with Gasteiger partial charge in [-0.2, -0.15) is 0 Å². The molecule has 31 heavy (non-hydrogen) atoms. The molecule has 2 heterocycles. The number of carbonyl (C=O) groups excluding carboxylic acids is 2. The molecule has 7 nitrogen and oxygen atoms in total. The molecule has 11 heteroatoms. The van der Waals surface area contributed by atoms with Gasteiger partial charge in [-0.3, -0.25) is 9.59 Å².